The number of halogens is 2. The van der Waals surface area contributed by atoms with Crippen LogP contribution in [0, 0.1) is 10.1 Å². The fourth-order valence-electron chi connectivity index (χ4n) is 2.11. The first-order valence-corrected chi connectivity index (χ1v) is 6.99. The molecule has 9 heteroatoms. The van der Waals surface area contributed by atoms with Crippen molar-refractivity contribution in [1.29, 1.82) is 0 Å². The highest BCUT2D eigenvalue weighted by Crippen LogP contribution is 2.36. The van der Waals surface area contributed by atoms with Gasteiger partial charge in [0.25, 0.3) is 11.2 Å². The summed E-state index contributed by atoms with van der Waals surface area (Å²) in [5.74, 6) is -0.223. The van der Waals surface area contributed by atoms with Crippen molar-refractivity contribution in [3.63, 3.8) is 0 Å². The molecule has 0 saturated heterocycles. The van der Waals surface area contributed by atoms with Gasteiger partial charge in [0.05, 0.1) is 26.4 Å². The Hall–Kier alpha value is -2.64. The Morgan fingerprint density at radius 2 is 1.96 bits per heavy atom. The number of nitrogens with one attached hydrogen (secondary N) is 1. The van der Waals surface area contributed by atoms with Crippen molar-refractivity contribution in [3.8, 4) is 17.1 Å². The number of fused-ring (bicyclic) bond motifs is 1. The van der Waals surface area contributed by atoms with Gasteiger partial charge in [-0.05, 0) is 18.2 Å². The number of aromatic nitrogens is 2. The molecular weight excluding hydrogens is 345 g/mol. The molecule has 0 radical (unpaired) electrons. The summed E-state index contributed by atoms with van der Waals surface area (Å²) in [4.78, 5) is 29.0. The Balaban J connectivity index is 2.27. The van der Waals surface area contributed by atoms with Gasteiger partial charge in [-0.2, -0.15) is 0 Å². The summed E-state index contributed by atoms with van der Waals surface area (Å²) in [5.41, 5.74) is -0.403. The zero-order valence-corrected chi connectivity index (χ0v) is 12.7. The van der Waals surface area contributed by atoms with Gasteiger partial charge in [-0.25, -0.2) is 4.98 Å². The van der Waals surface area contributed by atoms with Crippen molar-refractivity contribution in [1.82, 2.24) is 9.97 Å². The zero-order valence-electron chi connectivity index (χ0n) is 11.2. The minimum Gasteiger partial charge on any atom is -0.506 e. The predicted octanol–water partition coefficient (Wildman–Crippen LogP) is 3.51. The molecular formula is C14H7Cl2N3O4. The first-order valence-electron chi connectivity index (χ1n) is 6.23. The van der Waals surface area contributed by atoms with Gasteiger partial charge in [-0.3, -0.25) is 14.9 Å². The summed E-state index contributed by atoms with van der Waals surface area (Å²) in [6, 6.07) is 6.48. The number of non-ortho nitro benzene ring substituents is 1. The average molecular weight is 352 g/mol. The lowest BCUT2D eigenvalue weighted by Crippen LogP contribution is -2.10. The van der Waals surface area contributed by atoms with Crippen LogP contribution in [0.5, 0.6) is 5.75 Å². The molecule has 2 N–H and O–H groups in total. The van der Waals surface area contributed by atoms with E-state index in [4.69, 9.17) is 23.2 Å². The van der Waals surface area contributed by atoms with Gasteiger partial charge < -0.3 is 10.1 Å². The second-order valence-corrected chi connectivity index (χ2v) is 5.50. The molecule has 0 saturated carbocycles. The van der Waals surface area contributed by atoms with Crippen LogP contribution < -0.4 is 5.56 Å². The molecule has 0 fully saturated rings. The molecule has 0 amide bonds. The van der Waals surface area contributed by atoms with Crippen LogP contribution in [0.25, 0.3) is 22.3 Å². The quantitative estimate of drug-likeness (QED) is 0.542. The van der Waals surface area contributed by atoms with Crippen LogP contribution in [0.3, 0.4) is 0 Å². The van der Waals surface area contributed by atoms with E-state index in [1.807, 2.05) is 0 Å². The van der Waals surface area contributed by atoms with E-state index in [0.29, 0.717) is 0 Å². The van der Waals surface area contributed by atoms with Crippen molar-refractivity contribution >= 4 is 39.8 Å². The van der Waals surface area contributed by atoms with Gasteiger partial charge in [0.1, 0.15) is 11.6 Å². The van der Waals surface area contributed by atoms with Crippen molar-refractivity contribution in [2.24, 2.45) is 0 Å². The molecule has 23 heavy (non-hydrogen) atoms. The number of phenols is 1. The lowest BCUT2D eigenvalue weighted by Gasteiger charge is -2.07. The number of hydrogen-bond acceptors (Lipinski definition) is 5. The van der Waals surface area contributed by atoms with Crippen molar-refractivity contribution < 1.29 is 10.0 Å². The smallest absolute Gasteiger partial charge is 0.270 e. The standard InChI is InChI=1S/C14H7Cl2N3O4/c15-6-3-9(12(20)10(16)4-6)13-17-11-2-1-7(19(22)23)5-8(11)14(21)18-13/h1-5,20H,(H,17,18,21). The number of aromatic hydroxyl groups is 1. The second kappa shape index (κ2) is 5.53. The van der Waals surface area contributed by atoms with E-state index in [0.717, 1.165) is 6.07 Å². The normalized spacial score (nSPS) is 10.9. The summed E-state index contributed by atoms with van der Waals surface area (Å²) >= 11 is 11.7. The maximum atomic E-state index is 12.2. The molecule has 0 aliphatic heterocycles. The van der Waals surface area contributed by atoms with E-state index in [9.17, 15) is 20.0 Å². The molecule has 0 atom stereocenters. The highest BCUT2D eigenvalue weighted by Gasteiger charge is 2.15. The number of nitro groups is 1. The average Bonchev–Trinajstić information content (AvgIpc) is 2.50. The minimum atomic E-state index is -0.602. The van der Waals surface area contributed by atoms with Gasteiger partial charge >= 0.3 is 0 Å². The largest absolute Gasteiger partial charge is 0.506 e. The molecule has 1 heterocycles. The van der Waals surface area contributed by atoms with Gasteiger partial charge in [0, 0.05) is 17.2 Å². The number of hydrogen-bond donors (Lipinski definition) is 2. The predicted molar refractivity (Wildman–Crippen MR) is 86.1 cm³/mol. The molecule has 2 aromatic carbocycles. The van der Waals surface area contributed by atoms with Crippen LogP contribution in [-0.4, -0.2) is 20.0 Å². The molecule has 116 valence electrons. The Morgan fingerprint density at radius 1 is 1.22 bits per heavy atom. The summed E-state index contributed by atoms with van der Waals surface area (Å²) in [5, 5.41) is 21.1. The third-order valence-corrected chi connectivity index (χ3v) is 3.69. The maximum Gasteiger partial charge on any atom is 0.270 e. The number of benzene rings is 2. The number of phenolic OH excluding ortho intramolecular Hbond substituents is 1. The van der Waals surface area contributed by atoms with Crippen LogP contribution in [0.1, 0.15) is 0 Å². The lowest BCUT2D eigenvalue weighted by molar-refractivity contribution is -0.384. The molecule has 3 aromatic rings. The molecule has 0 bridgehead atoms. The Morgan fingerprint density at radius 3 is 2.65 bits per heavy atom. The minimum absolute atomic E-state index is 0.0129. The van der Waals surface area contributed by atoms with Crippen LogP contribution in [0.4, 0.5) is 5.69 Å². The number of aromatic amines is 1. The molecule has 3 rings (SSSR count). The third-order valence-electron chi connectivity index (χ3n) is 3.18. The SMILES string of the molecule is O=c1[nH]c(-c2cc(Cl)cc(Cl)c2O)nc2ccc([N+](=O)[O-])cc12. The summed E-state index contributed by atoms with van der Waals surface area (Å²) in [6.45, 7) is 0. The van der Waals surface area contributed by atoms with Gasteiger partial charge in [-0.1, -0.05) is 23.2 Å². The number of H-pyrrole nitrogens is 1. The number of rotatable bonds is 2. The zero-order chi connectivity index (χ0) is 16.7. The van der Waals surface area contributed by atoms with E-state index < -0.39 is 10.5 Å². The summed E-state index contributed by atoms with van der Waals surface area (Å²) in [6.07, 6.45) is 0. The second-order valence-electron chi connectivity index (χ2n) is 4.66. The fraction of sp³-hybridized carbons (Fsp3) is 0. The first-order chi connectivity index (χ1) is 10.9. The Bertz CT molecular complexity index is 1020. The summed E-state index contributed by atoms with van der Waals surface area (Å²) in [7, 11) is 0. The highest BCUT2D eigenvalue weighted by molar-refractivity contribution is 6.36. The molecule has 0 unspecified atom stereocenters. The molecule has 0 aliphatic rings. The number of nitro benzene ring substituents is 1. The van der Waals surface area contributed by atoms with Crippen LogP contribution in [0.15, 0.2) is 35.1 Å². The van der Waals surface area contributed by atoms with E-state index in [2.05, 4.69) is 9.97 Å². The van der Waals surface area contributed by atoms with Gasteiger partial charge in [0.15, 0.2) is 0 Å². The van der Waals surface area contributed by atoms with E-state index in [1.165, 1.54) is 24.3 Å². The van der Waals surface area contributed by atoms with Crippen LogP contribution in [0.2, 0.25) is 10.0 Å². The van der Waals surface area contributed by atoms with E-state index in [1.54, 1.807) is 0 Å². The van der Waals surface area contributed by atoms with Crippen molar-refractivity contribution in [2.45, 2.75) is 0 Å². The summed E-state index contributed by atoms with van der Waals surface area (Å²) < 4.78 is 0. The fourth-order valence-corrected chi connectivity index (χ4v) is 2.61. The maximum absolute atomic E-state index is 12.2. The van der Waals surface area contributed by atoms with Crippen LogP contribution >= 0.6 is 23.2 Å². The molecule has 1 aromatic heterocycles. The number of nitrogens with zero attached hydrogens (tertiary/aromatic N) is 2. The monoisotopic (exact) mass is 351 g/mol. The third kappa shape index (κ3) is 2.71. The highest BCUT2D eigenvalue weighted by atomic mass is 35.5. The lowest BCUT2D eigenvalue weighted by atomic mass is 10.1. The van der Waals surface area contributed by atoms with Gasteiger partial charge in [0.2, 0.25) is 0 Å². The molecule has 7 nitrogen and oxygen atoms in total. The first kappa shape index (κ1) is 15.3. The molecule has 0 aliphatic carbocycles. The Labute approximate surface area is 138 Å². The van der Waals surface area contributed by atoms with E-state index in [-0.39, 0.29) is 43.8 Å². The Kier molecular flexibility index (Phi) is 3.67. The van der Waals surface area contributed by atoms with Crippen molar-refractivity contribution in [3.05, 3.63) is 60.8 Å². The van der Waals surface area contributed by atoms with Crippen LogP contribution in [-0.2, 0) is 0 Å². The van der Waals surface area contributed by atoms with Crippen molar-refractivity contribution in [2.75, 3.05) is 0 Å². The topological polar surface area (TPSA) is 109 Å². The van der Waals surface area contributed by atoms with E-state index >= 15 is 0 Å². The van der Waals surface area contributed by atoms with Gasteiger partial charge in [-0.15, -0.1) is 0 Å². The molecule has 0 spiro atoms.